The third-order valence-electron chi connectivity index (χ3n) is 5.68. The number of carbonyl (C=O) groups excluding carboxylic acids is 4. The van der Waals surface area contributed by atoms with E-state index < -0.39 is 23.8 Å². The van der Waals surface area contributed by atoms with Crippen LogP contribution in [0.1, 0.15) is 16.7 Å². The monoisotopic (exact) mass is 553 g/mol. The van der Waals surface area contributed by atoms with Gasteiger partial charge in [0.1, 0.15) is 11.3 Å². The highest BCUT2D eigenvalue weighted by Crippen LogP contribution is 2.35. The first kappa shape index (κ1) is 26.7. The number of anilines is 2. The Morgan fingerprint density at radius 2 is 1.66 bits per heavy atom. The van der Waals surface area contributed by atoms with E-state index in [1.807, 2.05) is 26.0 Å². The molecule has 0 atom stereocenters. The van der Waals surface area contributed by atoms with Crippen molar-refractivity contribution in [3.63, 3.8) is 0 Å². The van der Waals surface area contributed by atoms with E-state index in [-0.39, 0.29) is 45.0 Å². The number of carbonyl (C=O) groups is 4. The molecule has 0 aromatic heterocycles. The van der Waals surface area contributed by atoms with E-state index in [9.17, 15) is 24.3 Å². The molecule has 194 valence electrons. The number of nitrogens with one attached hydrogen (secondary N) is 2. The molecule has 4 rings (SSSR count). The highest BCUT2D eigenvalue weighted by Gasteiger charge is 2.36. The number of imide groups is 2. The Kier molecular flexibility index (Phi) is 7.70. The average molecular weight is 554 g/mol. The highest BCUT2D eigenvalue weighted by molar-refractivity contribution is 6.40. The first-order valence-electron chi connectivity index (χ1n) is 11.2. The SMILES string of the molecule is Cc1ccc(NC(=O)COc2c(Cl)cc(/C=C3/C(=O)NC(=O)N(c4ccc(O)cc4)C3=O)cc2Cl)cc1C. The van der Waals surface area contributed by atoms with Gasteiger partial charge in [0.05, 0.1) is 15.7 Å². The third kappa shape index (κ3) is 5.80. The van der Waals surface area contributed by atoms with Crippen molar-refractivity contribution in [1.82, 2.24) is 5.32 Å². The second kappa shape index (κ2) is 11.0. The van der Waals surface area contributed by atoms with Crippen LogP contribution in [0, 0.1) is 13.8 Å². The van der Waals surface area contributed by atoms with E-state index in [0.717, 1.165) is 16.0 Å². The van der Waals surface area contributed by atoms with Crippen molar-refractivity contribution >= 4 is 64.4 Å². The number of hydrogen-bond donors (Lipinski definition) is 3. The highest BCUT2D eigenvalue weighted by atomic mass is 35.5. The molecule has 0 unspecified atom stereocenters. The molecule has 3 aromatic rings. The molecule has 0 saturated carbocycles. The Bertz CT molecular complexity index is 1480. The van der Waals surface area contributed by atoms with Crippen molar-refractivity contribution in [1.29, 1.82) is 0 Å². The number of aromatic hydroxyl groups is 1. The lowest BCUT2D eigenvalue weighted by molar-refractivity contribution is -0.122. The fourth-order valence-corrected chi connectivity index (χ4v) is 4.23. The molecule has 38 heavy (non-hydrogen) atoms. The third-order valence-corrected chi connectivity index (χ3v) is 6.24. The fourth-order valence-electron chi connectivity index (χ4n) is 3.62. The Labute approximate surface area is 227 Å². The summed E-state index contributed by atoms with van der Waals surface area (Å²) in [5, 5.41) is 14.4. The molecule has 1 saturated heterocycles. The number of phenolic OH excluding ortho intramolecular Hbond substituents is 1. The van der Waals surface area contributed by atoms with Crippen LogP contribution in [0.3, 0.4) is 0 Å². The smallest absolute Gasteiger partial charge is 0.335 e. The van der Waals surface area contributed by atoms with E-state index in [1.165, 1.54) is 42.5 Å². The van der Waals surface area contributed by atoms with Crippen LogP contribution < -0.4 is 20.3 Å². The normalized spacial score (nSPS) is 14.5. The minimum absolute atomic E-state index is 0.0402. The number of phenols is 1. The van der Waals surface area contributed by atoms with Crippen LogP contribution in [-0.2, 0) is 14.4 Å². The van der Waals surface area contributed by atoms with Gasteiger partial charge in [-0.25, -0.2) is 9.69 Å². The Hall–Kier alpha value is -4.34. The molecule has 0 bridgehead atoms. The number of ether oxygens (including phenoxy) is 1. The Balaban J connectivity index is 1.51. The molecule has 3 N–H and O–H groups in total. The van der Waals surface area contributed by atoms with E-state index >= 15 is 0 Å². The molecule has 3 aromatic carbocycles. The summed E-state index contributed by atoms with van der Waals surface area (Å²) in [6, 6.07) is 12.7. The van der Waals surface area contributed by atoms with Gasteiger partial charge >= 0.3 is 6.03 Å². The maximum atomic E-state index is 13.0. The second-order valence-corrected chi connectivity index (χ2v) is 9.24. The summed E-state index contributed by atoms with van der Waals surface area (Å²) in [6.07, 6.45) is 1.23. The predicted octanol–water partition coefficient (Wildman–Crippen LogP) is 5.00. The van der Waals surface area contributed by atoms with Crippen molar-refractivity contribution < 1.29 is 29.0 Å². The Morgan fingerprint density at radius 3 is 2.29 bits per heavy atom. The van der Waals surface area contributed by atoms with Crippen LogP contribution in [0.5, 0.6) is 11.5 Å². The predicted molar refractivity (Wildman–Crippen MR) is 144 cm³/mol. The zero-order chi connectivity index (χ0) is 27.6. The molecule has 11 heteroatoms. The maximum Gasteiger partial charge on any atom is 0.335 e. The van der Waals surface area contributed by atoms with Gasteiger partial charge in [0.25, 0.3) is 17.7 Å². The first-order chi connectivity index (χ1) is 18.0. The number of amides is 5. The van der Waals surface area contributed by atoms with Gasteiger partial charge in [0, 0.05) is 5.69 Å². The number of nitrogens with zero attached hydrogens (tertiary/aromatic N) is 1. The van der Waals surface area contributed by atoms with Crippen LogP contribution in [0.25, 0.3) is 6.08 Å². The molecule has 1 aliphatic heterocycles. The van der Waals surface area contributed by atoms with Crippen LogP contribution in [-0.4, -0.2) is 35.5 Å². The van der Waals surface area contributed by atoms with Crippen molar-refractivity contribution in [2.45, 2.75) is 13.8 Å². The summed E-state index contributed by atoms with van der Waals surface area (Å²) in [7, 11) is 0. The molecule has 1 heterocycles. The lowest BCUT2D eigenvalue weighted by Gasteiger charge is -2.26. The number of halogens is 2. The fraction of sp³-hybridized carbons (Fsp3) is 0.111. The van der Waals surface area contributed by atoms with E-state index in [4.69, 9.17) is 27.9 Å². The quantitative estimate of drug-likeness (QED) is 0.291. The van der Waals surface area contributed by atoms with Crippen molar-refractivity contribution in [3.05, 3.63) is 86.9 Å². The lowest BCUT2D eigenvalue weighted by atomic mass is 10.1. The zero-order valence-electron chi connectivity index (χ0n) is 20.2. The largest absolute Gasteiger partial charge is 0.508 e. The zero-order valence-corrected chi connectivity index (χ0v) is 21.7. The molecular formula is C27H21Cl2N3O6. The van der Waals surface area contributed by atoms with Crippen molar-refractivity contribution in [2.75, 3.05) is 16.8 Å². The minimum Gasteiger partial charge on any atom is -0.508 e. The first-order valence-corrected chi connectivity index (χ1v) is 12.0. The number of urea groups is 1. The molecular weight excluding hydrogens is 533 g/mol. The summed E-state index contributed by atoms with van der Waals surface area (Å²) in [6.45, 7) is 3.54. The minimum atomic E-state index is -0.929. The number of barbiturate groups is 1. The number of benzene rings is 3. The van der Waals surface area contributed by atoms with Gasteiger partial charge in [-0.1, -0.05) is 29.3 Å². The summed E-state index contributed by atoms with van der Waals surface area (Å²) in [5.41, 5.74) is 2.84. The second-order valence-electron chi connectivity index (χ2n) is 8.42. The number of hydrogen-bond acceptors (Lipinski definition) is 6. The van der Waals surface area contributed by atoms with Crippen molar-refractivity contribution in [2.24, 2.45) is 0 Å². The molecule has 0 radical (unpaired) electrons. The summed E-state index contributed by atoms with van der Waals surface area (Å²) >= 11 is 12.7. The van der Waals surface area contributed by atoms with Gasteiger partial charge in [-0.05, 0) is 85.1 Å². The lowest BCUT2D eigenvalue weighted by Crippen LogP contribution is -2.54. The summed E-state index contributed by atoms with van der Waals surface area (Å²) in [5.74, 6) is -2.20. The number of rotatable bonds is 6. The van der Waals surface area contributed by atoms with Crippen molar-refractivity contribution in [3.8, 4) is 11.5 Å². The van der Waals surface area contributed by atoms with Crippen LogP contribution in [0.15, 0.2) is 60.2 Å². The van der Waals surface area contributed by atoms with Crippen LogP contribution in [0.4, 0.5) is 16.2 Å². The topological polar surface area (TPSA) is 125 Å². The molecule has 1 aliphatic rings. The molecule has 9 nitrogen and oxygen atoms in total. The Morgan fingerprint density at radius 1 is 1.00 bits per heavy atom. The molecule has 5 amide bonds. The molecule has 1 fully saturated rings. The summed E-state index contributed by atoms with van der Waals surface area (Å²) in [4.78, 5) is 50.9. The van der Waals surface area contributed by atoms with Gasteiger partial charge in [0.2, 0.25) is 0 Å². The van der Waals surface area contributed by atoms with Gasteiger partial charge in [-0.3, -0.25) is 19.7 Å². The van der Waals surface area contributed by atoms with E-state index in [0.29, 0.717) is 5.69 Å². The van der Waals surface area contributed by atoms with Gasteiger partial charge in [-0.15, -0.1) is 0 Å². The van der Waals surface area contributed by atoms with Gasteiger partial charge < -0.3 is 15.2 Å². The van der Waals surface area contributed by atoms with E-state index in [2.05, 4.69) is 10.6 Å². The molecule has 0 aliphatic carbocycles. The van der Waals surface area contributed by atoms with Crippen LogP contribution >= 0.6 is 23.2 Å². The number of aryl methyl sites for hydroxylation is 2. The summed E-state index contributed by atoms with van der Waals surface area (Å²) < 4.78 is 5.53. The standard InChI is InChI=1S/C27H21Cl2N3O6/c1-14-3-4-17(9-15(14)2)30-23(34)13-38-24-21(28)11-16(12-22(24)29)10-20-25(35)31-27(37)32(26(20)36)18-5-7-19(33)8-6-18/h3-12,33H,13H2,1-2H3,(H,30,34)(H,31,35,37)/b20-10-. The van der Waals surface area contributed by atoms with E-state index in [1.54, 1.807) is 6.07 Å². The maximum absolute atomic E-state index is 13.0. The molecule has 0 spiro atoms. The van der Waals surface area contributed by atoms with Gasteiger partial charge in [-0.2, -0.15) is 0 Å². The average Bonchev–Trinajstić information content (AvgIpc) is 2.84. The van der Waals surface area contributed by atoms with Crippen LogP contribution in [0.2, 0.25) is 10.0 Å². The van der Waals surface area contributed by atoms with Gasteiger partial charge in [0.15, 0.2) is 12.4 Å².